The van der Waals surface area contributed by atoms with Crippen LogP contribution in [0, 0.1) is 0 Å². The first-order valence-electron chi connectivity index (χ1n) is 15.8. The average Bonchev–Trinajstić information content (AvgIpc) is 2.88. The third kappa shape index (κ3) is 21.7. The molecular weight excluding hydrogens is 442 g/mol. The molecule has 0 heterocycles. The maximum atomic E-state index is 11.9. The van der Waals surface area contributed by atoms with Gasteiger partial charge in [-0.05, 0) is 30.7 Å². The quantitative estimate of drug-likeness (QED) is 0.0979. The number of rotatable bonds is 26. The van der Waals surface area contributed by atoms with Crippen LogP contribution in [0.3, 0.4) is 0 Å². The van der Waals surface area contributed by atoms with Crippen LogP contribution >= 0.6 is 0 Å². The molecule has 36 heavy (non-hydrogen) atoms. The van der Waals surface area contributed by atoms with Crippen LogP contribution in [-0.4, -0.2) is 11.0 Å². The van der Waals surface area contributed by atoms with Gasteiger partial charge in [-0.3, -0.25) is 4.79 Å². The second kappa shape index (κ2) is 25.2. The second-order valence-corrected chi connectivity index (χ2v) is 11.0. The van der Waals surface area contributed by atoms with Gasteiger partial charge in [0.1, 0.15) is 5.75 Å². The maximum absolute atomic E-state index is 11.9. The number of nitrogens with one attached hydrogen (secondary N) is 1. The Bertz CT molecular complexity index is 598. The van der Waals surface area contributed by atoms with E-state index in [1.54, 1.807) is 24.3 Å². The molecule has 0 spiro atoms. The van der Waals surface area contributed by atoms with Crippen molar-refractivity contribution in [1.29, 1.82) is 0 Å². The number of hydrogen-bond donors (Lipinski definition) is 2. The third-order valence-electron chi connectivity index (χ3n) is 7.41. The summed E-state index contributed by atoms with van der Waals surface area (Å²) in [6.45, 7) is 2.29. The van der Waals surface area contributed by atoms with Gasteiger partial charge in [-0.2, -0.15) is 0 Å². The molecule has 0 aliphatic heterocycles. The van der Waals surface area contributed by atoms with Crippen LogP contribution < -0.4 is 5.32 Å². The number of carbonyl (C=O) groups is 1. The Balaban J connectivity index is 1.70. The summed E-state index contributed by atoms with van der Waals surface area (Å²) >= 11 is 0. The smallest absolute Gasteiger partial charge is 0.224 e. The van der Waals surface area contributed by atoms with E-state index in [4.69, 9.17) is 0 Å². The zero-order chi connectivity index (χ0) is 25.9. The van der Waals surface area contributed by atoms with Crippen LogP contribution in [0.15, 0.2) is 24.3 Å². The van der Waals surface area contributed by atoms with Gasteiger partial charge in [0.25, 0.3) is 0 Å². The summed E-state index contributed by atoms with van der Waals surface area (Å²) in [5, 5.41) is 12.2. The molecule has 0 aliphatic rings. The van der Waals surface area contributed by atoms with Crippen molar-refractivity contribution in [3.63, 3.8) is 0 Å². The first kappa shape index (κ1) is 32.5. The Labute approximate surface area is 224 Å². The zero-order valence-corrected chi connectivity index (χ0v) is 23.8. The molecule has 2 N–H and O–H groups in total. The molecule has 0 atom stereocenters. The summed E-state index contributed by atoms with van der Waals surface area (Å²) in [5.74, 6) is 0.289. The molecular formula is C33H59NO2. The average molecular weight is 502 g/mol. The van der Waals surface area contributed by atoms with Gasteiger partial charge < -0.3 is 10.4 Å². The fourth-order valence-electron chi connectivity index (χ4n) is 5.02. The van der Waals surface area contributed by atoms with E-state index in [1.807, 2.05) is 0 Å². The van der Waals surface area contributed by atoms with Crippen LogP contribution in [0.25, 0.3) is 0 Å². The van der Waals surface area contributed by atoms with Gasteiger partial charge in [-0.1, -0.05) is 155 Å². The number of anilines is 1. The number of hydrogen-bond acceptors (Lipinski definition) is 2. The summed E-state index contributed by atoms with van der Waals surface area (Å²) in [5.41, 5.74) is 0.752. The van der Waals surface area contributed by atoms with Crippen molar-refractivity contribution >= 4 is 11.6 Å². The normalized spacial score (nSPS) is 11.1. The molecule has 0 radical (unpaired) electrons. The Hall–Kier alpha value is -1.51. The summed E-state index contributed by atoms with van der Waals surface area (Å²) in [7, 11) is 0. The Morgan fingerprint density at radius 1 is 0.528 bits per heavy atom. The lowest BCUT2D eigenvalue weighted by molar-refractivity contribution is -0.116. The number of amides is 1. The lowest BCUT2D eigenvalue weighted by Gasteiger charge is -2.06. The van der Waals surface area contributed by atoms with Gasteiger partial charge in [-0.15, -0.1) is 0 Å². The van der Waals surface area contributed by atoms with Crippen LogP contribution in [0.1, 0.15) is 167 Å². The van der Waals surface area contributed by atoms with Crippen molar-refractivity contribution in [1.82, 2.24) is 0 Å². The van der Waals surface area contributed by atoms with Crippen LogP contribution in [0.4, 0.5) is 5.69 Å². The van der Waals surface area contributed by atoms with E-state index in [2.05, 4.69) is 12.2 Å². The van der Waals surface area contributed by atoms with Crippen molar-refractivity contribution in [2.75, 3.05) is 5.32 Å². The van der Waals surface area contributed by atoms with E-state index in [0.717, 1.165) is 18.5 Å². The molecule has 1 rings (SSSR count). The highest BCUT2D eigenvalue weighted by molar-refractivity contribution is 5.90. The molecule has 0 saturated carbocycles. The molecule has 3 nitrogen and oxygen atoms in total. The lowest BCUT2D eigenvalue weighted by atomic mass is 10.0. The maximum Gasteiger partial charge on any atom is 0.224 e. The summed E-state index contributed by atoms with van der Waals surface area (Å²) < 4.78 is 0. The van der Waals surface area contributed by atoms with Crippen molar-refractivity contribution in [3.05, 3.63) is 24.3 Å². The van der Waals surface area contributed by atoms with Gasteiger partial charge in [0, 0.05) is 12.1 Å². The third-order valence-corrected chi connectivity index (χ3v) is 7.41. The summed E-state index contributed by atoms with van der Waals surface area (Å²) in [6, 6.07) is 6.65. The molecule has 3 heteroatoms. The summed E-state index contributed by atoms with van der Waals surface area (Å²) in [4.78, 5) is 11.9. The van der Waals surface area contributed by atoms with Crippen LogP contribution in [0.5, 0.6) is 5.75 Å². The lowest BCUT2D eigenvalue weighted by Crippen LogP contribution is -2.10. The minimum Gasteiger partial charge on any atom is -0.508 e. The van der Waals surface area contributed by atoms with Crippen molar-refractivity contribution in [2.45, 2.75) is 167 Å². The number of aromatic hydroxyl groups is 1. The van der Waals surface area contributed by atoms with E-state index in [9.17, 15) is 9.90 Å². The number of benzene rings is 1. The van der Waals surface area contributed by atoms with Gasteiger partial charge >= 0.3 is 0 Å². The van der Waals surface area contributed by atoms with Gasteiger partial charge in [0.05, 0.1) is 0 Å². The number of phenolic OH excluding ortho intramolecular Hbond substituents is 1. The van der Waals surface area contributed by atoms with Gasteiger partial charge in [0.15, 0.2) is 0 Å². The monoisotopic (exact) mass is 501 g/mol. The number of phenols is 1. The molecule has 0 bridgehead atoms. The standard InChI is InChI=1S/C33H59NO2/c1-2-3-4-5-6-7-8-9-10-11-12-13-14-15-16-17-18-19-20-21-22-23-24-25-26-33(36)34-31-27-29-32(35)30-28-31/h27-30,35H,2-26H2,1H3,(H,34,36). The van der Waals surface area contributed by atoms with E-state index in [-0.39, 0.29) is 11.7 Å². The molecule has 0 fully saturated rings. The predicted molar refractivity (Wildman–Crippen MR) is 158 cm³/mol. The molecule has 0 aliphatic carbocycles. The minimum absolute atomic E-state index is 0.0690. The second-order valence-electron chi connectivity index (χ2n) is 11.0. The molecule has 0 saturated heterocycles. The Morgan fingerprint density at radius 3 is 1.17 bits per heavy atom. The van der Waals surface area contributed by atoms with Gasteiger partial charge in [-0.25, -0.2) is 0 Å². The molecule has 1 aromatic rings. The molecule has 0 aromatic heterocycles. The topological polar surface area (TPSA) is 49.3 Å². The largest absolute Gasteiger partial charge is 0.508 e. The van der Waals surface area contributed by atoms with Crippen molar-refractivity contribution in [2.24, 2.45) is 0 Å². The van der Waals surface area contributed by atoms with E-state index < -0.39 is 0 Å². The Kier molecular flexibility index (Phi) is 22.7. The van der Waals surface area contributed by atoms with Crippen LogP contribution in [-0.2, 0) is 4.79 Å². The highest BCUT2D eigenvalue weighted by Gasteiger charge is 2.02. The van der Waals surface area contributed by atoms with E-state index in [1.165, 1.54) is 141 Å². The highest BCUT2D eigenvalue weighted by Crippen LogP contribution is 2.17. The molecule has 0 unspecified atom stereocenters. The molecule has 1 amide bonds. The van der Waals surface area contributed by atoms with E-state index in [0.29, 0.717) is 6.42 Å². The van der Waals surface area contributed by atoms with E-state index >= 15 is 0 Å². The highest BCUT2D eigenvalue weighted by atomic mass is 16.3. The minimum atomic E-state index is 0.0690. The number of unbranched alkanes of at least 4 members (excludes halogenated alkanes) is 23. The van der Waals surface area contributed by atoms with Crippen molar-refractivity contribution in [3.8, 4) is 5.75 Å². The predicted octanol–water partition coefficient (Wildman–Crippen LogP) is 11.1. The number of carbonyl (C=O) groups excluding carboxylic acids is 1. The van der Waals surface area contributed by atoms with Crippen LogP contribution in [0.2, 0.25) is 0 Å². The molecule has 208 valence electrons. The Morgan fingerprint density at radius 2 is 0.833 bits per heavy atom. The zero-order valence-electron chi connectivity index (χ0n) is 23.8. The SMILES string of the molecule is CCCCCCCCCCCCCCCCCCCCCCCCCCC(=O)Nc1ccc(O)cc1. The first-order chi connectivity index (χ1) is 17.7. The molecule has 1 aromatic carbocycles. The first-order valence-corrected chi connectivity index (χ1v) is 15.8. The fourth-order valence-corrected chi connectivity index (χ4v) is 5.02. The summed E-state index contributed by atoms with van der Waals surface area (Å²) in [6.07, 6.45) is 33.9. The fraction of sp³-hybridized carbons (Fsp3) is 0.788. The van der Waals surface area contributed by atoms with Gasteiger partial charge in [0.2, 0.25) is 5.91 Å². The van der Waals surface area contributed by atoms with Crippen molar-refractivity contribution < 1.29 is 9.90 Å².